The summed E-state index contributed by atoms with van der Waals surface area (Å²) >= 11 is 0. The van der Waals surface area contributed by atoms with Gasteiger partial charge < -0.3 is 4.90 Å². The number of carbonyl (C=O) groups excluding carboxylic acids is 1. The van der Waals surface area contributed by atoms with Crippen molar-refractivity contribution in [3.05, 3.63) is 30.1 Å². The van der Waals surface area contributed by atoms with Crippen LogP contribution in [0.25, 0.3) is 5.52 Å². The number of imidazole rings is 1. The van der Waals surface area contributed by atoms with E-state index in [2.05, 4.69) is 18.8 Å². The van der Waals surface area contributed by atoms with Crippen molar-refractivity contribution >= 4 is 21.3 Å². The van der Waals surface area contributed by atoms with Crippen LogP contribution in [0.2, 0.25) is 0 Å². The SMILES string of the molecule is CC(C)[C@H]1CCCN1C(=O)c1nc(S(C)(=O)=O)n2ccccc12. The van der Waals surface area contributed by atoms with Gasteiger partial charge in [-0.15, -0.1) is 0 Å². The molecule has 6 nitrogen and oxygen atoms in total. The van der Waals surface area contributed by atoms with Gasteiger partial charge in [-0.3, -0.25) is 9.20 Å². The lowest BCUT2D eigenvalue weighted by Crippen LogP contribution is -2.38. The third-order valence-corrected chi connectivity index (χ3v) is 5.33. The van der Waals surface area contributed by atoms with Crippen molar-refractivity contribution in [3.8, 4) is 0 Å². The van der Waals surface area contributed by atoms with Crippen molar-refractivity contribution in [1.82, 2.24) is 14.3 Å². The van der Waals surface area contributed by atoms with Crippen molar-refractivity contribution in [2.24, 2.45) is 5.92 Å². The predicted molar refractivity (Wildman–Crippen MR) is 87.2 cm³/mol. The Labute approximate surface area is 136 Å². The molecular weight excluding hydrogens is 314 g/mol. The molecule has 1 aliphatic rings. The van der Waals surface area contributed by atoms with Gasteiger partial charge in [0.2, 0.25) is 15.0 Å². The first-order valence-corrected chi connectivity index (χ1v) is 9.68. The molecule has 1 fully saturated rings. The number of likely N-dealkylation sites (tertiary alicyclic amines) is 1. The Morgan fingerprint density at radius 2 is 2.09 bits per heavy atom. The first-order valence-electron chi connectivity index (χ1n) is 7.79. The smallest absolute Gasteiger partial charge is 0.275 e. The number of aromatic nitrogens is 2. The third kappa shape index (κ3) is 2.73. The number of carbonyl (C=O) groups is 1. The van der Waals surface area contributed by atoms with Gasteiger partial charge in [-0.1, -0.05) is 19.9 Å². The summed E-state index contributed by atoms with van der Waals surface area (Å²) in [7, 11) is -3.51. The van der Waals surface area contributed by atoms with E-state index in [4.69, 9.17) is 0 Å². The molecule has 2 aromatic rings. The van der Waals surface area contributed by atoms with Gasteiger partial charge >= 0.3 is 0 Å². The fourth-order valence-corrected chi connectivity index (χ4v) is 4.08. The molecule has 0 spiro atoms. The summed E-state index contributed by atoms with van der Waals surface area (Å²) in [6.45, 7) is 4.90. The fraction of sp³-hybridized carbons (Fsp3) is 0.500. The highest BCUT2D eigenvalue weighted by Gasteiger charge is 2.34. The van der Waals surface area contributed by atoms with Gasteiger partial charge in [-0.25, -0.2) is 13.4 Å². The number of fused-ring (bicyclic) bond motifs is 1. The summed E-state index contributed by atoms with van der Waals surface area (Å²) in [5.41, 5.74) is 0.755. The third-order valence-electron chi connectivity index (χ3n) is 4.38. The van der Waals surface area contributed by atoms with Crippen LogP contribution in [0.15, 0.2) is 29.6 Å². The number of pyridine rings is 1. The number of nitrogens with zero attached hydrogens (tertiary/aromatic N) is 3. The molecule has 1 aliphatic heterocycles. The molecule has 0 bridgehead atoms. The Morgan fingerprint density at radius 3 is 2.74 bits per heavy atom. The van der Waals surface area contributed by atoms with Gasteiger partial charge in [0.05, 0.1) is 5.52 Å². The van der Waals surface area contributed by atoms with Crippen LogP contribution in [0, 0.1) is 5.92 Å². The van der Waals surface area contributed by atoms with Gasteiger partial charge in [-0.2, -0.15) is 0 Å². The number of rotatable bonds is 3. The Hall–Kier alpha value is -1.89. The molecule has 1 atom stereocenters. The molecule has 2 aromatic heterocycles. The largest absolute Gasteiger partial charge is 0.334 e. The summed E-state index contributed by atoms with van der Waals surface area (Å²) in [6.07, 6.45) is 4.68. The van der Waals surface area contributed by atoms with Gasteiger partial charge in [0.25, 0.3) is 5.91 Å². The summed E-state index contributed by atoms with van der Waals surface area (Å²) < 4.78 is 25.4. The van der Waals surface area contributed by atoms with Crippen molar-refractivity contribution < 1.29 is 13.2 Å². The van der Waals surface area contributed by atoms with E-state index in [1.54, 1.807) is 24.4 Å². The van der Waals surface area contributed by atoms with Gasteiger partial charge in [0.15, 0.2) is 5.69 Å². The molecule has 124 valence electrons. The predicted octanol–water partition coefficient (Wildman–Crippen LogP) is 2.00. The number of sulfone groups is 1. The van der Waals surface area contributed by atoms with E-state index >= 15 is 0 Å². The Bertz CT molecular complexity index is 855. The summed E-state index contributed by atoms with van der Waals surface area (Å²) in [4.78, 5) is 19.0. The molecule has 23 heavy (non-hydrogen) atoms. The highest BCUT2D eigenvalue weighted by molar-refractivity contribution is 7.90. The van der Waals surface area contributed by atoms with Crippen LogP contribution < -0.4 is 0 Å². The van der Waals surface area contributed by atoms with E-state index in [9.17, 15) is 13.2 Å². The molecule has 0 unspecified atom stereocenters. The lowest BCUT2D eigenvalue weighted by molar-refractivity contribution is 0.0698. The maximum atomic E-state index is 13.0. The molecule has 0 radical (unpaired) electrons. The van der Waals surface area contributed by atoms with Crippen LogP contribution in [0.3, 0.4) is 0 Å². The molecule has 7 heteroatoms. The van der Waals surface area contributed by atoms with E-state index in [1.165, 1.54) is 4.40 Å². The molecule has 0 saturated carbocycles. The quantitative estimate of drug-likeness (QED) is 0.860. The Kier molecular flexibility index (Phi) is 3.91. The normalized spacial score (nSPS) is 19.0. The van der Waals surface area contributed by atoms with Crippen LogP contribution in [0.5, 0.6) is 0 Å². The second-order valence-corrected chi connectivity index (χ2v) is 8.33. The highest BCUT2D eigenvalue weighted by atomic mass is 32.2. The Balaban J connectivity index is 2.12. The van der Waals surface area contributed by atoms with Crippen molar-refractivity contribution in [2.75, 3.05) is 12.8 Å². The minimum absolute atomic E-state index is 0.0863. The highest BCUT2D eigenvalue weighted by Crippen LogP contribution is 2.27. The van der Waals surface area contributed by atoms with Gasteiger partial charge in [0, 0.05) is 25.0 Å². The Morgan fingerprint density at radius 1 is 1.35 bits per heavy atom. The number of amides is 1. The van der Waals surface area contributed by atoms with Gasteiger partial charge in [0.1, 0.15) is 0 Å². The second kappa shape index (κ2) is 5.63. The summed E-state index contributed by atoms with van der Waals surface area (Å²) in [5, 5.41) is -0.0863. The zero-order chi connectivity index (χ0) is 16.8. The monoisotopic (exact) mass is 335 g/mol. The molecule has 0 N–H and O–H groups in total. The van der Waals surface area contributed by atoms with Gasteiger partial charge in [-0.05, 0) is 30.9 Å². The molecule has 1 amide bonds. The van der Waals surface area contributed by atoms with Crippen LogP contribution in [-0.2, 0) is 9.84 Å². The average molecular weight is 335 g/mol. The number of hydrogen-bond donors (Lipinski definition) is 0. The maximum absolute atomic E-state index is 13.0. The van der Waals surface area contributed by atoms with Crippen LogP contribution >= 0.6 is 0 Å². The van der Waals surface area contributed by atoms with E-state index in [-0.39, 0.29) is 22.8 Å². The van der Waals surface area contributed by atoms with Crippen molar-refractivity contribution in [3.63, 3.8) is 0 Å². The lowest BCUT2D eigenvalue weighted by atomic mass is 10.0. The van der Waals surface area contributed by atoms with E-state index in [0.717, 1.165) is 19.1 Å². The summed E-state index contributed by atoms with van der Waals surface area (Å²) in [6, 6.07) is 5.42. The molecule has 3 rings (SSSR count). The maximum Gasteiger partial charge on any atom is 0.275 e. The minimum atomic E-state index is -3.51. The van der Waals surface area contributed by atoms with E-state index < -0.39 is 9.84 Å². The molecule has 1 saturated heterocycles. The zero-order valence-electron chi connectivity index (χ0n) is 13.6. The topological polar surface area (TPSA) is 71.8 Å². The fourth-order valence-electron chi connectivity index (χ4n) is 3.30. The van der Waals surface area contributed by atoms with E-state index in [1.807, 2.05) is 4.90 Å². The van der Waals surface area contributed by atoms with Crippen LogP contribution in [0.1, 0.15) is 37.2 Å². The first kappa shape index (κ1) is 16.0. The van der Waals surface area contributed by atoms with Crippen molar-refractivity contribution in [1.29, 1.82) is 0 Å². The molecule has 3 heterocycles. The zero-order valence-corrected chi connectivity index (χ0v) is 14.4. The minimum Gasteiger partial charge on any atom is -0.334 e. The molecule has 0 aromatic carbocycles. The number of hydrogen-bond acceptors (Lipinski definition) is 4. The van der Waals surface area contributed by atoms with E-state index in [0.29, 0.717) is 18.0 Å². The molecule has 0 aliphatic carbocycles. The molecular formula is C16H21N3O3S. The average Bonchev–Trinajstić information content (AvgIpc) is 3.11. The summed E-state index contributed by atoms with van der Waals surface area (Å²) in [5.74, 6) is 0.185. The standard InChI is InChI=1S/C16H21N3O3S/c1-11(2)12-8-6-10-18(12)15(20)14-13-7-4-5-9-19(13)16(17-14)23(3,21)22/h4-5,7,9,11-12H,6,8,10H2,1-3H3/t12-/m1/s1. The van der Waals surface area contributed by atoms with Crippen LogP contribution in [0.4, 0.5) is 0 Å². The first-order chi connectivity index (χ1) is 10.8. The van der Waals surface area contributed by atoms with Crippen LogP contribution in [-0.4, -0.2) is 47.5 Å². The van der Waals surface area contributed by atoms with Crippen molar-refractivity contribution in [2.45, 2.75) is 37.9 Å². The second-order valence-electron chi connectivity index (χ2n) is 6.42. The lowest BCUT2D eigenvalue weighted by Gasteiger charge is -2.27.